The minimum Gasteiger partial charge on any atom is -0.381 e. The summed E-state index contributed by atoms with van der Waals surface area (Å²) >= 11 is 1.32. The van der Waals surface area contributed by atoms with Crippen LogP contribution in [0.2, 0.25) is 0 Å². The Labute approximate surface area is 92.7 Å². The highest BCUT2D eigenvalue weighted by molar-refractivity contribution is 7.11. The van der Waals surface area contributed by atoms with Crippen molar-refractivity contribution in [2.45, 2.75) is 38.1 Å². The SMILES string of the molecule is O=C(NC1CCCCC1)Oc1nccs1. The van der Waals surface area contributed by atoms with Crippen molar-refractivity contribution < 1.29 is 9.53 Å². The maximum atomic E-state index is 11.4. The lowest BCUT2D eigenvalue weighted by molar-refractivity contribution is 0.192. The molecule has 0 unspecified atom stereocenters. The van der Waals surface area contributed by atoms with Crippen molar-refractivity contribution in [2.75, 3.05) is 0 Å². The van der Waals surface area contributed by atoms with Gasteiger partial charge in [0.1, 0.15) is 0 Å². The normalized spacial score (nSPS) is 17.3. The van der Waals surface area contributed by atoms with Crippen LogP contribution in [-0.4, -0.2) is 17.1 Å². The highest BCUT2D eigenvalue weighted by Crippen LogP contribution is 2.18. The molecule has 0 spiro atoms. The summed E-state index contributed by atoms with van der Waals surface area (Å²) in [4.78, 5) is 15.3. The number of nitrogens with one attached hydrogen (secondary N) is 1. The van der Waals surface area contributed by atoms with E-state index in [0.717, 1.165) is 12.8 Å². The minimum absolute atomic E-state index is 0.284. The van der Waals surface area contributed by atoms with Crippen LogP contribution in [0.5, 0.6) is 5.19 Å². The summed E-state index contributed by atoms with van der Waals surface area (Å²) in [7, 11) is 0. The Hall–Kier alpha value is -1.10. The zero-order valence-electron chi connectivity index (χ0n) is 8.44. The van der Waals surface area contributed by atoms with Crippen molar-refractivity contribution in [3.63, 3.8) is 0 Å². The third kappa shape index (κ3) is 3.20. The van der Waals surface area contributed by atoms with Crippen LogP contribution in [0.25, 0.3) is 0 Å². The van der Waals surface area contributed by atoms with Crippen molar-refractivity contribution in [2.24, 2.45) is 0 Å². The van der Waals surface area contributed by atoms with Gasteiger partial charge in [-0.15, -0.1) is 0 Å². The second kappa shape index (κ2) is 5.11. The lowest BCUT2D eigenvalue weighted by Crippen LogP contribution is -2.37. The first kappa shape index (κ1) is 10.4. The number of thiazole rings is 1. The molecule has 0 aliphatic heterocycles. The first-order valence-corrected chi connectivity index (χ1v) is 6.10. The van der Waals surface area contributed by atoms with E-state index in [2.05, 4.69) is 10.3 Å². The quantitative estimate of drug-likeness (QED) is 0.843. The van der Waals surface area contributed by atoms with Crippen LogP contribution < -0.4 is 10.1 Å². The highest BCUT2D eigenvalue weighted by Gasteiger charge is 2.16. The number of nitrogens with zero attached hydrogens (tertiary/aromatic N) is 1. The van der Waals surface area contributed by atoms with Crippen LogP contribution in [0.4, 0.5) is 4.79 Å². The Morgan fingerprint density at radius 2 is 2.27 bits per heavy atom. The van der Waals surface area contributed by atoms with E-state index in [4.69, 9.17) is 4.74 Å². The van der Waals surface area contributed by atoms with Gasteiger partial charge in [-0.3, -0.25) is 0 Å². The van der Waals surface area contributed by atoms with E-state index < -0.39 is 0 Å². The molecule has 1 N–H and O–H groups in total. The first-order valence-electron chi connectivity index (χ1n) is 5.22. The number of carbonyl (C=O) groups is 1. The lowest BCUT2D eigenvalue weighted by atomic mass is 9.96. The summed E-state index contributed by atoms with van der Waals surface area (Å²) in [6.07, 6.45) is 7.04. The standard InChI is InChI=1S/C10H14N2O2S/c13-9(14-10-11-6-7-15-10)12-8-4-2-1-3-5-8/h6-8H,1-5H2,(H,12,13). The predicted molar refractivity (Wildman–Crippen MR) is 58.1 cm³/mol. The number of ether oxygens (including phenoxy) is 1. The number of hydrogen-bond acceptors (Lipinski definition) is 4. The summed E-state index contributed by atoms with van der Waals surface area (Å²) in [5.41, 5.74) is 0. The molecule has 1 aliphatic carbocycles. The molecule has 0 aromatic carbocycles. The predicted octanol–water partition coefficient (Wildman–Crippen LogP) is 2.56. The molecule has 0 saturated heterocycles. The largest absolute Gasteiger partial charge is 0.414 e. The molecule has 0 bridgehead atoms. The zero-order valence-corrected chi connectivity index (χ0v) is 9.26. The third-order valence-electron chi connectivity index (χ3n) is 2.52. The van der Waals surface area contributed by atoms with Gasteiger partial charge in [-0.05, 0) is 12.8 Å². The molecular weight excluding hydrogens is 212 g/mol. The van der Waals surface area contributed by atoms with Gasteiger partial charge in [0, 0.05) is 17.6 Å². The number of amides is 1. The second-order valence-electron chi connectivity index (χ2n) is 3.67. The molecule has 1 amide bonds. The molecule has 1 saturated carbocycles. The molecule has 1 aliphatic rings. The molecule has 15 heavy (non-hydrogen) atoms. The Morgan fingerprint density at radius 1 is 1.47 bits per heavy atom. The summed E-state index contributed by atoms with van der Waals surface area (Å²) in [6.45, 7) is 0. The minimum atomic E-state index is -0.378. The van der Waals surface area contributed by atoms with Crippen LogP contribution in [0, 0.1) is 0 Å². The summed E-state index contributed by atoms with van der Waals surface area (Å²) < 4.78 is 5.01. The van der Waals surface area contributed by atoms with Gasteiger partial charge in [-0.2, -0.15) is 0 Å². The Bertz CT molecular complexity index is 307. The van der Waals surface area contributed by atoms with Gasteiger partial charge < -0.3 is 10.1 Å². The molecule has 0 radical (unpaired) electrons. The number of carbonyl (C=O) groups excluding carboxylic acids is 1. The van der Waals surface area contributed by atoms with Crippen LogP contribution in [0.3, 0.4) is 0 Å². The Morgan fingerprint density at radius 3 is 2.93 bits per heavy atom. The van der Waals surface area contributed by atoms with Crippen LogP contribution in [0.15, 0.2) is 11.6 Å². The maximum Gasteiger partial charge on any atom is 0.414 e. The molecule has 1 fully saturated rings. The molecule has 1 heterocycles. The monoisotopic (exact) mass is 226 g/mol. The van der Waals surface area contributed by atoms with Gasteiger partial charge in [-0.25, -0.2) is 9.78 Å². The first-order chi connectivity index (χ1) is 7.34. The second-order valence-corrected chi connectivity index (χ2v) is 4.52. The zero-order chi connectivity index (χ0) is 10.5. The van der Waals surface area contributed by atoms with E-state index in [0.29, 0.717) is 5.19 Å². The van der Waals surface area contributed by atoms with E-state index in [9.17, 15) is 4.79 Å². The molecule has 1 aromatic heterocycles. The number of aromatic nitrogens is 1. The van der Waals surface area contributed by atoms with Gasteiger partial charge in [0.05, 0.1) is 0 Å². The van der Waals surface area contributed by atoms with Crippen molar-refractivity contribution in [3.8, 4) is 5.19 Å². The van der Waals surface area contributed by atoms with Gasteiger partial charge >= 0.3 is 6.09 Å². The third-order valence-corrected chi connectivity index (χ3v) is 3.16. The smallest absolute Gasteiger partial charge is 0.381 e. The van der Waals surface area contributed by atoms with Crippen LogP contribution >= 0.6 is 11.3 Å². The van der Waals surface area contributed by atoms with E-state index in [-0.39, 0.29) is 12.1 Å². The van der Waals surface area contributed by atoms with Gasteiger partial charge in [0.2, 0.25) is 0 Å². The van der Waals surface area contributed by atoms with Crippen molar-refractivity contribution >= 4 is 17.4 Å². The fourth-order valence-corrected chi connectivity index (χ4v) is 2.27. The summed E-state index contributed by atoms with van der Waals surface area (Å²) in [5.74, 6) is 0. The van der Waals surface area contributed by atoms with Crippen molar-refractivity contribution in [1.29, 1.82) is 0 Å². The van der Waals surface area contributed by atoms with Gasteiger partial charge in [0.25, 0.3) is 5.19 Å². The summed E-state index contributed by atoms with van der Waals surface area (Å²) in [6, 6.07) is 0.284. The van der Waals surface area contributed by atoms with E-state index >= 15 is 0 Å². The molecule has 5 heteroatoms. The van der Waals surface area contributed by atoms with E-state index in [1.165, 1.54) is 30.6 Å². The molecule has 1 aromatic rings. The fourth-order valence-electron chi connectivity index (χ4n) is 1.78. The van der Waals surface area contributed by atoms with Crippen LogP contribution in [0.1, 0.15) is 32.1 Å². The lowest BCUT2D eigenvalue weighted by Gasteiger charge is -2.21. The van der Waals surface area contributed by atoms with E-state index in [1.807, 2.05) is 0 Å². The van der Waals surface area contributed by atoms with Crippen molar-refractivity contribution in [1.82, 2.24) is 10.3 Å². The average molecular weight is 226 g/mol. The maximum absolute atomic E-state index is 11.4. The molecule has 82 valence electrons. The molecule has 4 nitrogen and oxygen atoms in total. The van der Waals surface area contributed by atoms with Gasteiger partial charge in [0.15, 0.2) is 0 Å². The van der Waals surface area contributed by atoms with Crippen LogP contribution in [-0.2, 0) is 0 Å². The van der Waals surface area contributed by atoms with E-state index in [1.54, 1.807) is 11.6 Å². The Kier molecular flexibility index (Phi) is 3.55. The topological polar surface area (TPSA) is 51.2 Å². The highest BCUT2D eigenvalue weighted by atomic mass is 32.1. The fraction of sp³-hybridized carbons (Fsp3) is 0.600. The average Bonchev–Trinajstić information content (AvgIpc) is 2.71. The van der Waals surface area contributed by atoms with Gasteiger partial charge in [-0.1, -0.05) is 30.6 Å². The molecule has 0 atom stereocenters. The molecule has 2 rings (SSSR count). The number of hydrogen-bond donors (Lipinski definition) is 1. The summed E-state index contributed by atoms with van der Waals surface area (Å²) in [5, 5.41) is 5.05. The number of rotatable bonds is 2. The van der Waals surface area contributed by atoms with Crippen molar-refractivity contribution in [3.05, 3.63) is 11.6 Å². The Balaban J connectivity index is 1.76. The molecular formula is C10H14N2O2S.